The van der Waals surface area contributed by atoms with Gasteiger partial charge in [-0.05, 0) is 31.4 Å². The van der Waals surface area contributed by atoms with Gasteiger partial charge < -0.3 is 5.73 Å². The summed E-state index contributed by atoms with van der Waals surface area (Å²) in [6, 6.07) is 2.77. The molecule has 3 rings (SSSR count). The quantitative estimate of drug-likeness (QED) is 0.754. The van der Waals surface area contributed by atoms with Crippen LogP contribution in [0.2, 0.25) is 0 Å². The van der Waals surface area contributed by atoms with Crippen molar-refractivity contribution >= 4 is 28.4 Å². The summed E-state index contributed by atoms with van der Waals surface area (Å²) in [5.74, 6) is -0.746. The predicted octanol–water partition coefficient (Wildman–Crippen LogP) is 2.70. The van der Waals surface area contributed by atoms with Gasteiger partial charge in [-0.25, -0.2) is 9.78 Å². The molecule has 0 radical (unpaired) electrons. The molecule has 10 heteroatoms. The van der Waals surface area contributed by atoms with Crippen LogP contribution in [0.5, 0.6) is 0 Å². The van der Waals surface area contributed by atoms with E-state index in [9.17, 15) is 22.8 Å². The van der Waals surface area contributed by atoms with E-state index in [1.165, 1.54) is 49.2 Å². The summed E-state index contributed by atoms with van der Waals surface area (Å²) in [6.45, 7) is 2.93. The summed E-state index contributed by atoms with van der Waals surface area (Å²) >= 11 is 0.579. The number of thiophene rings is 1. The molecule has 0 aliphatic rings. The molecule has 0 unspecified atom stereocenters. The zero-order chi connectivity index (χ0) is 19.4. The number of hydrogen-bond acceptors (Lipinski definition) is 4. The summed E-state index contributed by atoms with van der Waals surface area (Å²) in [5, 5.41) is 1.34. The molecule has 0 bridgehead atoms. The molecule has 3 heterocycles. The largest absolute Gasteiger partial charge is 0.426 e. The molecule has 0 aromatic carbocycles. The number of carbonyl (C=O) groups excluding carboxylic acids is 1. The standard InChI is InChI=1S/C16H15F3N4O2S/c1-15(2,13(20)24)23-10-6-8(7-21-12(10)22(3)14(23)25)9-4-5-26-11(9)16(17,18)19/h4-7H,1-3H3,(H2,20,24). The molecule has 3 aromatic rings. The molecule has 0 saturated carbocycles. The van der Waals surface area contributed by atoms with Gasteiger partial charge in [-0.1, -0.05) is 0 Å². The molecule has 0 aliphatic carbocycles. The van der Waals surface area contributed by atoms with Gasteiger partial charge >= 0.3 is 11.9 Å². The number of halogens is 3. The maximum Gasteiger partial charge on any atom is 0.426 e. The monoisotopic (exact) mass is 384 g/mol. The second kappa shape index (κ2) is 5.70. The van der Waals surface area contributed by atoms with Crippen molar-refractivity contribution in [3.05, 3.63) is 39.1 Å². The molecule has 0 aliphatic heterocycles. The summed E-state index contributed by atoms with van der Waals surface area (Å²) in [5.41, 5.74) is 4.15. The first-order chi connectivity index (χ1) is 12.0. The number of amides is 1. The summed E-state index contributed by atoms with van der Waals surface area (Å²) in [6.07, 6.45) is -3.22. The average Bonchev–Trinajstić information content (AvgIpc) is 3.11. The normalized spacial score (nSPS) is 12.7. The number of rotatable bonds is 3. The lowest BCUT2D eigenvalue weighted by atomic mass is 10.0. The fourth-order valence-corrected chi connectivity index (χ4v) is 3.55. The summed E-state index contributed by atoms with van der Waals surface area (Å²) in [4.78, 5) is 27.8. The molecule has 0 spiro atoms. The third kappa shape index (κ3) is 2.61. The SMILES string of the molecule is Cn1c(=O)n(C(C)(C)C(N)=O)c2cc(-c3ccsc3C(F)(F)F)cnc21. The van der Waals surface area contributed by atoms with Gasteiger partial charge in [0.15, 0.2) is 5.65 Å². The first-order valence-electron chi connectivity index (χ1n) is 7.49. The van der Waals surface area contributed by atoms with Crippen molar-refractivity contribution in [1.29, 1.82) is 0 Å². The van der Waals surface area contributed by atoms with Crippen molar-refractivity contribution in [2.45, 2.75) is 25.6 Å². The van der Waals surface area contributed by atoms with E-state index in [0.717, 1.165) is 4.57 Å². The molecule has 6 nitrogen and oxygen atoms in total. The Hall–Kier alpha value is -2.62. The lowest BCUT2D eigenvalue weighted by Gasteiger charge is -2.22. The van der Waals surface area contributed by atoms with Crippen molar-refractivity contribution < 1.29 is 18.0 Å². The number of fused-ring (bicyclic) bond motifs is 1. The molecular formula is C16H15F3N4O2S. The first-order valence-corrected chi connectivity index (χ1v) is 8.37. The molecular weight excluding hydrogens is 369 g/mol. The number of primary amides is 1. The van der Waals surface area contributed by atoms with Crippen molar-refractivity contribution in [2.75, 3.05) is 0 Å². The van der Waals surface area contributed by atoms with E-state index >= 15 is 0 Å². The molecule has 138 valence electrons. The van der Waals surface area contributed by atoms with E-state index in [1.54, 1.807) is 0 Å². The zero-order valence-electron chi connectivity index (χ0n) is 14.1. The zero-order valence-corrected chi connectivity index (χ0v) is 14.9. The highest BCUT2D eigenvalue weighted by atomic mass is 32.1. The van der Waals surface area contributed by atoms with E-state index in [2.05, 4.69) is 4.98 Å². The van der Waals surface area contributed by atoms with Crippen molar-refractivity contribution in [2.24, 2.45) is 12.8 Å². The molecule has 0 saturated heterocycles. The van der Waals surface area contributed by atoms with Crippen LogP contribution in [-0.4, -0.2) is 20.0 Å². The van der Waals surface area contributed by atoms with E-state index in [4.69, 9.17) is 5.73 Å². The van der Waals surface area contributed by atoms with Crippen LogP contribution in [-0.2, 0) is 23.6 Å². The van der Waals surface area contributed by atoms with E-state index in [0.29, 0.717) is 11.3 Å². The van der Waals surface area contributed by atoms with Gasteiger partial charge in [0, 0.05) is 24.4 Å². The number of aryl methyl sites for hydroxylation is 1. The molecule has 26 heavy (non-hydrogen) atoms. The van der Waals surface area contributed by atoms with Gasteiger partial charge in [0.05, 0.1) is 5.52 Å². The van der Waals surface area contributed by atoms with Crippen molar-refractivity contribution in [1.82, 2.24) is 14.1 Å². The smallest absolute Gasteiger partial charge is 0.368 e. The van der Waals surface area contributed by atoms with E-state index in [-0.39, 0.29) is 22.3 Å². The van der Waals surface area contributed by atoms with Crippen LogP contribution < -0.4 is 11.4 Å². The number of imidazole rings is 1. The Morgan fingerprint density at radius 1 is 1.31 bits per heavy atom. The minimum atomic E-state index is -4.50. The highest BCUT2D eigenvalue weighted by molar-refractivity contribution is 7.10. The number of nitrogens with zero attached hydrogens (tertiary/aromatic N) is 3. The van der Waals surface area contributed by atoms with Crippen LogP contribution in [0, 0.1) is 0 Å². The Balaban J connectivity index is 2.33. The van der Waals surface area contributed by atoms with Gasteiger partial charge in [-0.3, -0.25) is 13.9 Å². The van der Waals surface area contributed by atoms with Gasteiger partial charge in [0.25, 0.3) is 0 Å². The van der Waals surface area contributed by atoms with Gasteiger partial charge in [0.2, 0.25) is 5.91 Å². The second-order valence-electron chi connectivity index (χ2n) is 6.33. The highest BCUT2D eigenvalue weighted by Gasteiger charge is 2.36. The molecule has 0 fully saturated rings. The predicted molar refractivity (Wildman–Crippen MR) is 91.8 cm³/mol. The average molecular weight is 384 g/mol. The van der Waals surface area contributed by atoms with Crippen LogP contribution in [0.25, 0.3) is 22.3 Å². The number of nitrogens with two attached hydrogens (primary N) is 1. The number of alkyl halides is 3. The van der Waals surface area contributed by atoms with Gasteiger partial charge in [0.1, 0.15) is 10.4 Å². The van der Waals surface area contributed by atoms with Gasteiger partial charge in [-0.2, -0.15) is 13.2 Å². The molecule has 0 atom stereocenters. The van der Waals surface area contributed by atoms with Crippen LogP contribution in [0.4, 0.5) is 13.2 Å². The second-order valence-corrected chi connectivity index (χ2v) is 7.24. The number of carbonyl (C=O) groups is 1. The maximum absolute atomic E-state index is 13.2. The number of pyridine rings is 1. The Morgan fingerprint density at radius 2 is 1.96 bits per heavy atom. The van der Waals surface area contributed by atoms with Crippen LogP contribution in [0.3, 0.4) is 0 Å². The maximum atomic E-state index is 13.2. The highest BCUT2D eigenvalue weighted by Crippen LogP contribution is 2.41. The first kappa shape index (κ1) is 18.2. The van der Waals surface area contributed by atoms with Crippen LogP contribution in [0.1, 0.15) is 18.7 Å². The number of hydrogen-bond donors (Lipinski definition) is 1. The Kier molecular flexibility index (Phi) is 3.98. The van der Waals surface area contributed by atoms with Crippen LogP contribution >= 0.6 is 11.3 Å². The number of aromatic nitrogens is 3. The lowest BCUT2D eigenvalue weighted by molar-refractivity contribution is -0.133. The Bertz CT molecular complexity index is 1080. The molecule has 2 N–H and O–H groups in total. The molecule has 1 amide bonds. The minimum Gasteiger partial charge on any atom is -0.368 e. The topological polar surface area (TPSA) is 82.9 Å². The third-order valence-electron chi connectivity index (χ3n) is 4.28. The van der Waals surface area contributed by atoms with Gasteiger partial charge in [-0.15, -0.1) is 11.3 Å². The van der Waals surface area contributed by atoms with E-state index < -0.39 is 28.2 Å². The fraction of sp³-hybridized carbons (Fsp3) is 0.312. The van der Waals surface area contributed by atoms with Crippen LogP contribution in [0.15, 0.2) is 28.5 Å². The molecule has 3 aromatic heterocycles. The summed E-state index contributed by atoms with van der Waals surface area (Å²) in [7, 11) is 1.47. The minimum absolute atomic E-state index is 0.0309. The van der Waals surface area contributed by atoms with Crippen molar-refractivity contribution in [3.8, 4) is 11.1 Å². The third-order valence-corrected chi connectivity index (χ3v) is 5.24. The van der Waals surface area contributed by atoms with Crippen molar-refractivity contribution in [3.63, 3.8) is 0 Å². The Morgan fingerprint density at radius 3 is 2.54 bits per heavy atom. The summed E-state index contributed by atoms with van der Waals surface area (Å²) < 4.78 is 42.0. The fourth-order valence-electron chi connectivity index (χ4n) is 2.77. The van der Waals surface area contributed by atoms with E-state index in [1.807, 2.05) is 0 Å². The lowest BCUT2D eigenvalue weighted by Crippen LogP contribution is -2.46. The Labute approximate surface area is 149 Å².